The number of carbonyl (C=O) groups excluding carboxylic acids is 3. The van der Waals surface area contributed by atoms with Gasteiger partial charge in [-0.2, -0.15) is 0 Å². The Morgan fingerprint density at radius 2 is 1.45 bits per heavy atom. The van der Waals surface area contributed by atoms with Crippen molar-refractivity contribution in [1.29, 1.82) is 0 Å². The van der Waals surface area contributed by atoms with Crippen LogP contribution >= 0.6 is 23.2 Å². The normalized spacial score (nSPS) is 23.9. The number of hydrogen-bond acceptors (Lipinski definition) is 4. The number of nitrogens with zero attached hydrogens (tertiary/aromatic N) is 1. The summed E-state index contributed by atoms with van der Waals surface area (Å²) in [5.74, 6) is -1.87. The van der Waals surface area contributed by atoms with E-state index in [1.165, 1.54) is 0 Å². The molecule has 5 nitrogen and oxygen atoms in total. The highest BCUT2D eigenvalue weighted by atomic mass is 35.5. The molecule has 7 heteroatoms. The number of amides is 1. The highest BCUT2D eigenvalue weighted by molar-refractivity contribution is 6.31. The van der Waals surface area contributed by atoms with E-state index < -0.39 is 23.4 Å². The Morgan fingerprint density at radius 1 is 0.775 bits per heavy atom. The van der Waals surface area contributed by atoms with Crippen LogP contribution in [0.5, 0.6) is 0 Å². The minimum atomic E-state index is -1.36. The summed E-state index contributed by atoms with van der Waals surface area (Å²) < 4.78 is 0. The Morgan fingerprint density at radius 3 is 2.23 bits per heavy atom. The molecule has 0 saturated carbocycles. The number of carbonyl (C=O) groups is 3. The number of halogens is 2. The highest BCUT2D eigenvalue weighted by Gasteiger charge is 2.70. The molecule has 3 aliphatic rings. The zero-order valence-electron chi connectivity index (χ0n) is 21.1. The Labute approximate surface area is 241 Å². The maximum Gasteiger partial charge on any atom is 0.238 e. The third-order valence-electron chi connectivity index (χ3n) is 8.33. The summed E-state index contributed by atoms with van der Waals surface area (Å²) in [5, 5.41) is 4.08. The fourth-order valence-electron chi connectivity index (χ4n) is 6.72. The zero-order valence-corrected chi connectivity index (χ0v) is 22.6. The summed E-state index contributed by atoms with van der Waals surface area (Å²) in [4.78, 5) is 45.5. The van der Waals surface area contributed by atoms with Crippen molar-refractivity contribution in [3.05, 3.63) is 135 Å². The number of fused-ring (bicyclic) bond motifs is 6. The summed E-state index contributed by atoms with van der Waals surface area (Å²) >= 11 is 12.5. The molecule has 0 aliphatic carbocycles. The molecule has 4 atom stereocenters. The van der Waals surface area contributed by atoms with Crippen LogP contribution in [-0.2, 0) is 10.2 Å². The topological polar surface area (TPSA) is 66.5 Å². The van der Waals surface area contributed by atoms with E-state index in [2.05, 4.69) is 5.32 Å². The average molecular weight is 565 g/mol. The molecule has 0 radical (unpaired) electrons. The molecule has 1 fully saturated rings. The van der Waals surface area contributed by atoms with Crippen molar-refractivity contribution in [2.75, 3.05) is 10.2 Å². The predicted molar refractivity (Wildman–Crippen MR) is 157 cm³/mol. The van der Waals surface area contributed by atoms with Crippen LogP contribution in [0.4, 0.5) is 11.4 Å². The molecule has 0 aromatic heterocycles. The Bertz CT molecular complexity index is 1730. The molecule has 0 unspecified atom stereocenters. The van der Waals surface area contributed by atoms with Crippen LogP contribution < -0.4 is 10.2 Å². The lowest BCUT2D eigenvalue weighted by Crippen LogP contribution is -2.51. The number of para-hydroxylation sites is 1. The molecule has 3 aliphatic heterocycles. The van der Waals surface area contributed by atoms with Crippen molar-refractivity contribution >= 4 is 58.1 Å². The zero-order chi connectivity index (χ0) is 27.6. The van der Waals surface area contributed by atoms with Gasteiger partial charge in [0.15, 0.2) is 11.6 Å². The number of rotatable bonds is 4. The van der Waals surface area contributed by atoms with Gasteiger partial charge in [0.2, 0.25) is 5.91 Å². The fraction of sp³-hybridized carbons (Fsp3) is 0.121. The second kappa shape index (κ2) is 9.19. The van der Waals surface area contributed by atoms with Crippen LogP contribution in [0.1, 0.15) is 31.8 Å². The van der Waals surface area contributed by atoms with E-state index in [9.17, 15) is 14.4 Å². The minimum Gasteiger partial charge on any atom is -0.352 e. The van der Waals surface area contributed by atoms with Crippen LogP contribution in [0, 0.1) is 5.92 Å². The molecule has 1 saturated heterocycles. The first kappa shape index (κ1) is 24.8. The molecule has 0 bridgehead atoms. The van der Waals surface area contributed by atoms with Gasteiger partial charge in [-0.25, -0.2) is 0 Å². The van der Waals surface area contributed by atoms with Crippen molar-refractivity contribution in [1.82, 2.24) is 0 Å². The van der Waals surface area contributed by atoms with Crippen molar-refractivity contribution in [2.24, 2.45) is 5.92 Å². The van der Waals surface area contributed by atoms with E-state index in [4.69, 9.17) is 23.2 Å². The molecule has 1 N–H and O–H groups in total. The maximum atomic E-state index is 14.7. The molecule has 4 aromatic carbocycles. The third kappa shape index (κ3) is 3.44. The second-order valence-corrected chi connectivity index (χ2v) is 11.2. The van der Waals surface area contributed by atoms with Crippen molar-refractivity contribution in [2.45, 2.75) is 17.5 Å². The second-order valence-electron chi connectivity index (χ2n) is 10.3. The molecular formula is C33H22Cl2N2O3. The van der Waals surface area contributed by atoms with E-state index in [0.717, 1.165) is 11.3 Å². The SMILES string of the molecule is O=C(c1ccc(Cl)cc1)[C@@H]1[C@H](C(=O)c2ccccc2)N2c3ccc(Cl)cc3C=C[C@@H]2[C@@]12C(=O)Nc1ccccc12. The summed E-state index contributed by atoms with van der Waals surface area (Å²) in [5.41, 5.74) is 2.39. The molecule has 1 amide bonds. The van der Waals surface area contributed by atoms with Crippen molar-refractivity contribution in [3.8, 4) is 0 Å². The summed E-state index contributed by atoms with van der Waals surface area (Å²) in [6.07, 6.45) is 3.86. The monoisotopic (exact) mass is 564 g/mol. The van der Waals surface area contributed by atoms with Crippen LogP contribution in [0.15, 0.2) is 103 Å². The minimum absolute atomic E-state index is 0.233. The summed E-state index contributed by atoms with van der Waals surface area (Å²) in [6, 6.07) is 26.9. The van der Waals surface area contributed by atoms with Gasteiger partial charge in [-0.3, -0.25) is 14.4 Å². The number of ketones is 2. The van der Waals surface area contributed by atoms with Crippen molar-refractivity contribution < 1.29 is 14.4 Å². The van der Waals surface area contributed by atoms with Gasteiger partial charge in [-0.05, 0) is 59.7 Å². The number of Topliss-reactive ketones (excluding diaryl/α,β-unsaturated/α-hetero) is 2. The smallest absolute Gasteiger partial charge is 0.238 e. The van der Waals surface area contributed by atoms with Gasteiger partial charge in [-0.1, -0.05) is 83.9 Å². The Balaban J connectivity index is 1.54. The first-order valence-electron chi connectivity index (χ1n) is 13.0. The molecule has 40 heavy (non-hydrogen) atoms. The third-order valence-corrected chi connectivity index (χ3v) is 8.82. The largest absolute Gasteiger partial charge is 0.352 e. The fourth-order valence-corrected chi connectivity index (χ4v) is 7.02. The molecular weight excluding hydrogens is 543 g/mol. The summed E-state index contributed by atoms with van der Waals surface area (Å²) in [6.45, 7) is 0. The average Bonchev–Trinajstić information content (AvgIpc) is 3.45. The number of hydrogen-bond donors (Lipinski definition) is 1. The van der Waals surface area contributed by atoms with Gasteiger partial charge in [0, 0.05) is 32.5 Å². The molecule has 3 heterocycles. The van der Waals surface area contributed by atoms with Crippen LogP contribution in [0.3, 0.4) is 0 Å². The van der Waals surface area contributed by atoms with E-state index in [-0.39, 0.29) is 17.5 Å². The molecule has 196 valence electrons. The number of benzene rings is 4. The van der Waals surface area contributed by atoms with E-state index in [1.54, 1.807) is 54.6 Å². The lowest BCUT2D eigenvalue weighted by Gasteiger charge is -2.37. The van der Waals surface area contributed by atoms with Gasteiger partial charge in [0.1, 0.15) is 11.5 Å². The number of nitrogens with one attached hydrogen (secondary N) is 1. The quantitative estimate of drug-likeness (QED) is 0.275. The van der Waals surface area contributed by atoms with Crippen LogP contribution in [0.25, 0.3) is 6.08 Å². The van der Waals surface area contributed by atoms with E-state index in [0.29, 0.717) is 32.4 Å². The van der Waals surface area contributed by atoms with E-state index in [1.807, 2.05) is 59.5 Å². The maximum absolute atomic E-state index is 14.7. The highest BCUT2D eigenvalue weighted by Crippen LogP contribution is 2.58. The van der Waals surface area contributed by atoms with Crippen molar-refractivity contribution in [3.63, 3.8) is 0 Å². The summed E-state index contributed by atoms with van der Waals surface area (Å²) in [7, 11) is 0. The molecule has 4 aromatic rings. The van der Waals surface area contributed by atoms with E-state index >= 15 is 0 Å². The first-order valence-corrected chi connectivity index (χ1v) is 13.7. The van der Waals surface area contributed by atoms with Crippen LogP contribution in [-0.4, -0.2) is 29.6 Å². The Kier molecular flexibility index (Phi) is 5.70. The molecule has 7 rings (SSSR count). The van der Waals surface area contributed by atoms with Gasteiger partial charge < -0.3 is 10.2 Å². The number of anilines is 2. The predicted octanol–water partition coefficient (Wildman–Crippen LogP) is 6.85. The van der Waals surface area contributed by atoms with Crippen LogP contribution in [0.2, 0.25) is 10.0 Å². The standard InChI is InChI=1S/C33H22Cl2N2O3/c34-22-13-10-20(11-14-22)30(38)28-29(31(39)19-6-2-1-3-7-19)37-26-16-15-23(35)18-21(26)12-17-27(37)33(28)24-8-4-5-9-25(24)36-32(33)40/h1-18,27-29H,(H,36,40)/t27-,28+,29-,33-/m1/s1. The lowest BCUT2D eigenvalue weighted by molar-refractivity contribution is -0.121. The first-order chi connectivity index (χ1) is 19.4. The van der Waals surface area contributed by atoms with Gasteiger partial charge in [0.05, 0.1) is 12.0 Å². The molecule has 1 spiro atoms. The van der Waals surface area contributed by atoms with Gasteiger partial charge in [0.25, 0.3) is 0 Å². The lowest BCUT2D eigenvalue weighted by atomic mass is 9.64. The van der Waals surface area contributed by atoms with Gasteiger partial charge in [-0.15, -0.1) is 0 Å². The van der Waals surface area contributed by atoms with Gasteiger partial charge >= 0.3 is 0 Å². The Hall–Kier alpha value is -4.19.